The summed E-state index contributed by atoms with van der Waals surface area (Å²) >= 11 is 0. The number of primary amides is 1. The third-order valence-corrected chi connectivity index (χ3v) is 15.5. The van der Waals surface area contributed by atoms with Crippen LogP contribution in [0.15, 0.2) is 100 Å². The number of aliphatic hydroxyl groups is 2. The Morgan fingerprint density at radius 3 is 2.59 bits per heavy atom. The van der Waals surface area contributed by atoms with Crippen LogP contribution in [0.1, 0.15) is 52.9 Å². The number of amides is 2. The van der Waals surface area contributed by atoms with E-state index >= 15 is 0 Å². The summed E-state index contributed by atoms with van der Waals surface area (Å²) in [5, 5.41) is 51.4. The second kappa shape index (κ2) is 22.6. The van der Waals surface area contributed by atoms with Gasteiger partial charge in [-0.15, -0.1) is 0 Å². The number of allylic oxidation sites excluding steroid dienone is 1. The fourth-order valence-electron chi connectivity index (χ4n) is 9.38. The molecule has 8 rings (SSSR count). The number of carboxylic acids is 1. The van der Waals surface area contributed by atoms with E-state index in [1.165, 1.54) is 69.6 Å². The number of carboxylic acid groups (broad SMARTS) is 1. The number of aromatic hydroxyl groups is 1. The quantitative estimate of drug-likeness (QED) is 0.0280. The molecule has 0 unspecified atom stereocenters. The predicted molar refractivity (Wildman–Crippen MR) is 268 cm³/mol. The van der Waals surface area contributed by atoms with Gasteiger partial charge >= 0.3 is 5.97 Å². The van der Waals surface area contributed by atoms with Gasteiger partial charge in [0.15, 0.2) is 23.6 Å². The van der Waals surface area contributed by atoms with Crippen LogP contribution in [-0.4, -0.2) is 135 Å². The lowest BCUT2D eigenvalue weighted by atomic mass is 9.73. The largest absolute Gasteiger partial charge is 0.508 e. The smallest absolute Gasteiger partial charge is 0.335 e. The summed E-state index contributed by atoms with van der Waals surface area (Å²) in [4.78, 5) is 69.7. The summed E-state index contributed by atoms with van der Waals surface area (Å²) in [6, 6.07) is 19.6. The first-order valence-electron chi connectivity index (χ1n) is 23.3. The molecule has 2 amide bonds. The molecule has 8 atom stereocenters. The van der Waals surface area contributed by atoms with Crippen molar-refractivity contribution in [3.05, 3.63) is 124 Å². The second-order valence-electron chi connectivity index (χ2n) is 18.0. The molecule has 71 heavy (non-hydrogen) atoms. The Morgan fingerprint density at radius 2 is 1.87 bits per heavy atom. The third-order valence-electron chi connectivity index (χ3n) is 13.5. The Labute approximate surface area is 416 Å². The number of aliphatic carboxylic acids is 1. The van der Waals surface area contributed by atoms with E-state index < -0.39 is 59.3 Å². The summed E-state index contributed by atoms with van der Waals surface area (Å²) in [5.74, 6) is -3.04. The van der Waals surface area contributed by atoms with E-state index in [-0.39, 0.29) is 76.0 Å². The van der Waals surface area contributed by atoms with Crippen LogP contribution in [-0.2, 0) is 30.3 Å². The van der Waals surface area contributed by atoms with Gasteiger partial charge in [0.25, 0.3) is 5.91 Å². The van der Waals surface area contributed by atoms with Crippen molar-refractivity contribution < 1.29 is 58.2 Å². The zero-order chi connectivity index (χ0) is 50.3. The van der Waals surface area contributed by atoms with Gasteiger partial charge in [-0.05, 0) is 103 Å². The number of phenolic OH excluding ortho intramolecular Hbond substituents is 1. The number of β-amino-alcohol motifs (C(OH)–C–C–N with tert-alkyl or cyclic N) is 1. The number of nitrogens with two attached hydrogens (primary N) is 1. The SMILES string of the molecule is C[C@H](C/C=C/c1ccccc1CCCNCC(=O)N1CC1)[C@H]1CNC[C@]2(O)[C@H](Oc3ccc4c(=O)c(-c5ccc(O)cc5)c(C(N)=O)oc4c3)O[C@H](C(=O)O)[C@@H](O)[C@]2(C=O)OCSSC[C@@H]1c1cc[nH]c1. The highest BCUT2D eigenvalue weighted by molar-refractivity contribution is 8.76. The van der Waals surface area contributed by atoms with Crippen molar-refractivity contribution in [2.75, 3.05) is 51.0 Å². The summed E-state index contributed by atoms with van der Waals surface area (Å²) in [6.45, 7) is 4.65. The maximum absolute atomic E-state index is 13.9. The molecule has 9 N–H and O–H groups in total. The van der Waals surface area contributed by atoms with Crippen molar-refractivity contribution in [2.24, 2.45) is 17.6 Å². The molecule has 18 nitrogen and oxygen atoms in total. The van der Waals surface area contributed by atoms with Crippen molar-refractivity contribution in [3.8, 4) is 22.6 Å². The molecule has 0 saturated carbocycles. The molecule has 5 aromatic rings. The molecule has 3 aliphatic rings. The lowest BCUT2D eigenvalue weighted by Crippen LogP contribution is -2.80. The Bertz CT molecular complexity index is 2790. The lowest BCUT2D eigenvalue weighted by molar-refractivity contribution is -0.340. The molecule has 2 aromatic heterocycles. The van der Waals surface area contributed by atoms with Crippen LogP contribution < -0.4 is 26.5 Å². The van der Waals surface area contributed by atoms with E-state index in [0.717, 1.165) is 43.6 Å². The predicted octanol–water partition coefficient (Wildman–Crippen LogP) is 4.27. The first kappa shape index (κ1) is 51.4. The number of nitrogens with one attached hydrogen (secondary N) is 3. The minimum Gasteiger partial charge on any atom is -0.508 e. The van der Waals surface area contributed by atoms with Crippen LogP contribution in [0.5, 0.6) is 11.5 Å². The van der Waals surface area contributed by atoms with Crippen LogP contribution >= 0.6 is 21.6 Å². The summed E-state index contributed by atoms with van der Waals surface area (Å²) in [7, 11) is 2.70. The van der Waals surface area contributed by atoms with Gasteiger partial charge in [0.05, 0.1) is 17.5 Å². The number of ether oxygens (including phenoxy) is 3. The van der Waals surface area contributed by atoms with E-state index in [2.05, 4.69) is 46.8 Å². The molecule has 20 heteroatoms. The Balaban J connectivity index is 1.06. The van der Waals surface area contributed by atoms with Gasteiger partial charge in [0.1, 0.15) is 29.1 Å². The number of aromatic amines is 1. The lowest BCUT2D eigenvalue weighted by Gasteiger charge is -2.53. The minimum atomic E-state index is -2.63. The van der Waals surface area contributed by atoms with Crippen molar-refractivity contribution >= 4 is 62.7 Å². The molecule has 0 bridgehead atoms. The number of phenols is 1. The number of aldehydes is 1. The number of benzene rings is 3. The number of aliphatic hydroxyl groups excluding tert-OH is 1. The molecular formula is C51H57N5O13S2. The van der Waals surface area contributed by atoms with Crippen LogP contribution in [0, 0.1) is 11.8 Å². The summed E-state index contributed by atoms with van der Waals surface area (Å²) in [6.07, 6.45) is 4.31. The number of aryl methyl sites for hydroxylation is 1. The highest BCUT2D eigenvalue weighted by Gasteiger charge is 2.69. The Kier molecular flexibility index (Phi) is 16.4. The molecule has 3 aliphatic heterocycles. The van der Waals surface area contributed by atoms with Gasteiger partial charge in [0, 0.05) is 43.8 Å². The number of carbonyl (C=O) groups excluding carboxylic acids is 3. The summed E-state index contributed by atoms with van der Waals surface area (Å²) < 4.78 is 24.1. The molecule has 3 saturated heterocycles. The van der Waals surface area contributed by atoms with Crippen LogP contribution in [0.4, 0.5) is 0 Å². The zero-order valence-electron chi connectivity index (χ0n) is 38.9. The van der Waals surface area contributed by atoms with E-state index in [1.807, 2.05) is 30.6 Å². The van der Waals surface area contributed by atoms with Gasteiger partial charge < -0.3 is 65.3 Å². The minimum absolute atomic E-state index is 0.00270. The average molecular weight is 1010 g/mol. The van der Waals surface area contributed by atoms with Gasteiger partial charge in [-0.2, -0.15) is 0 Å². The standard InChI is InChI=1S/C51H57N5O13S2/c1-30(6-4-9-31-7-2-3-8-32(31)10-5-18-53-25-41(59)56-20-21-56)38-24-55-27-50(65)49(69-45(48(63)64)46(61)51(50,28-57)66-29-71-70-26-39(38)34-17-19-54-23-34)67-36-15-16-37-40(22-36)68-44(47(52)62)42(43(37)60)33-11-13-35(58)14-12-33/h2-4,7-9,11-17,19,22-23,28,30,38-39,45-46,49,53-55,58,61,65H,5-6,10,18,20-21,24-27,29H2,1H3,(H2,52,62)(H,63,64)/b9-4+/t30-,38-,39-,45+,46-,49-,50+,51+/m1/s1. The first-order valence-corrected chi connectivity index (χ1v) is 25.8. The number of hydrogen-bond donors (Lipinski definition) is 8. The number of rotatable bonds is 17. The molecule has 376 valence electrons. The highest BCUT2D eigenvalue weighted by Crippen LogP contribution is 2.44. The van der Waals surface area contributed by atoms with Crippen LogP contribution in [0.3, 0.4) is 0 Å². The topological polar surface area (TPSA) is 276 Å². The number of fused-ring (bicyclic) bond motifs is 2. The van der Waals surface area contributed by atoms with E-state index in [0.29, 0.717) is 18.7 Å². The summed E-state index contributed by atoms with van der Waals surface area (Å²) in [5.41, 5.74) is 3.09. The normalized spacial score (nSPS) is 25.4. The number of H-pyrrole nitrogens is 1. The Morgan fingerprint density at radius 1 is 1.08 bits per heavy atom. The van der Waals surface area contributed by atoms with Crippen molar-refractivity contribution in [1.82, 2.24) is 20.5 Å². The van der Waals surface area contributed by atoms with Gasteiger partial charge in [-0.3, -0.25) is 19.2 Å². The number of hydrogen-bond acceptors (Lipinski definition) is 16. The monoisotopic (exact) mass is 1010 g/mol. The van der Waals surface area contributed by atoms with Crippen LogP contribution in [0.25, 0.3) is 28.2 Å². The zero-order valence-corrected chi connectivity index (χ0v) is 40.5. The van der Waals surface area contributed by atoms with Crippen molar-refractivity contribution in [1.29, 1.82) is 0 Å². The van der Waals surface area contributed by atoms with E-state index in [4.69, 9.17) is 24.4 Å². The molecule has 3 aromatic carbocycles. The molecule has 0 aliphatic carbocycles. The third kappa shape index (κ3) is 11.2. The van der Waals surface area contributed by atoms with Gasteiger partial charge in [-0.25, -0.2) is 4.79 Å². The van der Waals surface area contributed by atoms with Gasteiger partial charge in [0.2, 0.25) is 23.4 Å². The van der Waals surface area contributed by atoms with Crippen molar-refractivity contribution in [3.63, 3.8) is 0 Å². The number of carbonyl (C=O) groups is 4. The van der Waals surface area contributed by atoms with E-state index in [9.17, 15) is 44.4 Å². The highest BCUT2D eigenvalue weighted by atomic mass is 33.1. The maximum atomic E-state index is 13.9. The molecule has 5 heterocycles. The maximum Gasteiger partial charge on any atom is 0.335 e. The molecule has 0 spiro atoms. The molecular weight excluding hydrogens is 955 g/mol. The van der Waals surface area contributed by atoms with Crippen molar-refractivity contribution in [2.45, 2.75) is 61.8 Å². The second-order valence-corrected chi connectivity index (χ2v) is 20.5. The van der Waals surface area contributed by atoms with Gasteiger partial charge in [-0.1, -0.05) is 77.1 Å². The average Bonchev–Trinajstić information content (AvgIpc) is 4.07. The Hall–Kier alpha value is -5.97. The first-order chi connectivity index (χ1) is 34.2. The fraction of sp³-hybridized carbons (Fsp3) is 0.392. The molecule has 0 radical (unpaired) electrons. The number of aromatic nitrogens is 1. The van der Waals surface area contributed by atoms with E-state index in [1.54, 1.807) is 4.90 Å². The fourth-order valence-corrected chi connectivity index (χ4v) is 11.4. The number of nitrogens with zero attached hydrogens (tertiary/aromatic N) is 1. The molecule has 3 fully saturated rings. The van der Waals surface area contributed by atoms with Crippen LogP contribution in [0.2, 0.25) is 0 Å².